The van der Waals surface area contributed by atoms with Gasteiger partial charge in [0.05, 0.1) is 0 Å². The molecular weight excluding hydrogens is 194 g/mol. The molecule has 82 valence electrons. The number of hydrogen-bond acceptors (Lipinski definition) is 1. The number of anilines is 1. The van der Waals surface area contributed by atoms with Crippen LogP contribution in [-0.4, -0.2) is 0 Å². The second-order valence-corrected chi connectivity index (χ2v) is 4.36. The summed E-state index contributed by atoms with van der Waals surface area (Å²) in [7, 11) is 0. The lowest BCUT2D eigenvalue weighted by atomic mass is 9.94. The predicted octanol–water partition coefficient (Wildman–Crippen LogP) is 3.86. The summed E-state index contributed by atoms with van der Waals surface area (Å²) in [6.07, 6.45) is 0. The Labute approximate surface area is 96.9 Å². The van der Waals surface area contributed by atoms with Crippen LogP contribution in [0.2, 0.25) is 0 Å². The van der Waals surface area contributed by atoms with Crippen molar-refractivity contribution in [3.05, 3.63) is 53.1 Å². The van der Waals surface area contributed by atoms with Crippen molar-refractivity contribution < 1.29 is 0 Å². The number of nitrogen functional groups attached to an aromatic ring is 1. The van der Waals surface area contributed by atoms with Gasteiger partial charge in [0.15, 0.2) is 0 Å². The molecule has 0 spiro atoms. The van der Waals surface area contributed by atoms with E-state index in [4.69, 9.17) is 5.73 Å². The smallest absolute Gasteiger partial charge is 0.0396 e. The molecule has 0 aliphatic carbocycles. The van der Waals surface area contributed by atoms with Crippen LogP contribution in [-0.2, 0) is 0 Å². The molecule has 1 nitrogen and oxygen atoms in total. The van der Waals surface area contributed by atoms with Crippen LogP contribution in [0.4, 0.5) is 5.69 Å². The second-order valence-electron chi connectivity index (χ2n) is 4.36. The molecular formula is C15H17N. The van der Waals surface area contributed by atoms with Gasteiger partial charge in [-0.1, -0.05) is 35.9 Å². The molecule has 2 aromatic carbocycles. The van der Waals surface area contributed by atoms with Crippen LogP contribution >= 0.6 is 0 Å². The first-order chi connectivity index (χ1) is 7.59. The molecule has 0 saturated heterocycles. The minimum Gasteiger partial charge on any atom is -0.398 e. The van der Waals surface area contributed by atoms with E-state index >= 15 is 0 Å². The second kappa shape index (κ2) is 4.01. The Kier molecular flexibility index (Phi) is 2.69. The fraction of sp³-hybridized carbons (Fsp3) is 0.200. The number of aryl methyl sites for hydroxylation is 3. The van der Waals surface area contributed by atoms with Gasteiger partial charge in [-0.3, -0.25) is 0 Å². The van der Waals surface area contributed by atoms with Crippen LogP contribution in [0, 0.1) is 20.8 Å². The first kappa shape index (κ1) is 10.7. The van der Waals surface area contributed by atoms with E-state index < -0.39 is 0 Å². The Balaban J connectivity index is 2.72. The molecule has 0 bridgehead atoms. The quantitative estimate of drug-likeness (QED) is 0.712. The molecule has 0 aromatic heterocycles. The molecule has 0 heterocycles. The minimum absolute atomic E-state index is 0.855. The molecule has 1 heteroatoms. The lowest BCUT2D eigenvalue weighted by Crippen LogP contribution is -1.94. The zero-order chi connectivity index (χ0) is 11.7. The van der Waals surface area contributed by atoms with Crippen LogP contribution in [0.25, 0.3) is 11.1 Å². The molecule has 0 aliphatic heterocycles. The summed E-state index contributed by atoms with van der Waals surface area (Å²) >= 11 is 0. The Morgan fingerprint density at radius 2 is 1.62 bits per heavy atom. The SMILES string of the molecule is Cc1ccc(C)c(-c2c(C)cccc2N)c1. The van der Waals surface area contributed by atoms with E-state index in [0.29, 0.717) is 0 Å². The first-order valence-electron chi connectivity index (χ1n) is 5.52. The number of hydrogen-bond donors (Lipinski definition) is 1. The maximum Gasteiger partial charge on any atom is 0.0396 e. The van der Waals surface area contributed by atoms with Gasteiger partial charge in [0.2, 0.25) is 0 Å². The van der Waals surface area contributed by atoms with E-state index in [1.807, 2.05) is 12.1 Å². The van der Waals surface area contributed by atoms with Crippen molar-refractivity contribution in [1.29, 1.82) is 0 Å². The van der Waals surface area contributed by atoms with Gasteiger partial charge in [0.1, 0.15) is 0 Å². The zero-order valence-corrected chi connectivity index (χ0v) is 10.0. The van der Waals surface area contributed by atoms with E-state index in [9.17, 15) is 0 Å². The minimum atomic E-state index is 0.855. The summed E-state index contributed by atoms with van der Waals surface area (Å²) in [5.74, 6) is 0. The average molecular weight is 211 g/mol. The number of rotatable bonds is 1. The van der Waals surface area contributed by atoms with Gasteiger partial charge < -0.3 is 5.73 Å². The lowest BCUT2D eigenvalue weighted by Gasteiger charge is -2.13. The zero-order valence-electron chi connectivity index (χ0n) is 10.0. The van der Waals surface area contributed by atoms with E-state index in [1.165, 1.54) is 27.8 Å². The summed E-state index contributed by atoms with van der Waals surface area (Å²) in [5.41, 5.74) is 13.1. The molecule has 2 rings (SSSR count). The molecule has 0 fully saturated rings. The average Bonchev–Trinajstić information content (AvgIpc) is 2.23. The van der Waals surface area contributed by atoms with Crippen molar-refractivity contribution in [1.82, 2.24) is 0 Å². The predicted molar refractivity (Wildman–Crippen MR) is 70.5 cm³/mol. The van der Waals surface area contributed by atoms with Gasteiger partial charge in [-0.15, -0.1) is 0 Å². The fourth-order valence-electron chi connectivity index (χ4n) is 2.06. The molecule has 0 amide bonds. The van der Waals surface area contributed by atoms with Crippen molar-refractivity contribution in [2.75, 3.05) is 5.73 Å². The van der Waals surface area contributed by atoms with Crippen molar-refractivity contribution in [2.45, 2.75) is 20.8 Å². The van der Waals surface area contributed by atoms with Gasteiger partial charge in [0.25, 0.3) is 0 Å². The standard InChI is InChI=1S/C15H17N/c1-10-7-8-11(2)13(9-10)15-12(3)5-4-6-14(15)16/h4-9H,16H2,1-3H3. The lowest BCUT2D eigenvalue weighted by molar-refractivity contribution is 1.37. The number of nitrogens with two attached hydrogens (primary N) is 1. The molecule has 16 heavy (non-hydrogen) atoms. The van der Waals surface area contributed by atoms with E-state index in [0.717, 1.165) is 5.69 Å². The van der Waals surface area contributed by atoms with Gasteiger partial charge in [-0.05, 0) is 43.5 Å². The molecule has 0 saturated carbocycles. The third-order valence-corrected chi connectivity index (χ3v) is 2.97. The van der Waals surface area contributed by atoms with Gasteiger partial charge >= 0.3 is 0 Å². The largest absolute Gasteiger partial charge is 0.398 e. The van der Waals surface area contributed by atoms with Gasteiger partial charge in [-0.25, -0.2) is 0 Å². The molecule has 0 atom stereocenters. The monoisotopic (exact) mass is 211 g/mol. The van der Waals surface area contributed by atoms with Crippen LogP contribution < -0.4 is 5.73 Å². The maximum atomic E-state index is 6.07. The Bertz CT molecular complexity index is 507. The third kappa shape index (κ3) is 1.81. The Morgan fingerprint density at radius 3 is 2.31 bits per heavy atom. The molecule has 2 aromatic rings. The van der Waals surface area contributed by atoms with E-state index in [1.54, 1.807) is 0 Å². The normalized spacial score (nSPS) is 10.4. The highest BCUT2D eigenvalue weighted by Gasteiger charge is 2.08. The van der Waals surface area contributed by atoms with Crippen molar-refractivity contribution in [3.8, 4) is 11.1 Å². The first-order valence-corrected chi connectivity index (χ1v) is 5.52. The molecule has 0 radical (unpaired) electrons. The fourth-order valence-corrected chi connectivity index (χ4v) is 2.06. The molecule has 0 unspecified atom stereocenters. The summed E-state index contributed by atoms with van der Waals surface area (Å²) in [6, 6.07) is 12.6. The maximum absolute atomic E-state index is 6.07. The van der Waals surface area contributed by atoms with Crippen molar-refractivity contribution in [2.24, 2.45) is 0 Å². The number of benzene rings is 2. The van der Waals surface area contributed by atoms with Crippen LogP contribution in [0.5, 0.6) is 0 Å². The highest BCUT2D eigenvalue weighted by molar-refractivity contribution is 5.81. The highest BCUT2D eigenvalue weighted by Crippen LogP contribution is 2.32. The summed E-state index contributed by atoms with van der Waals surface area (Å²) in [6.45, 7) is 6.34. The van der Waals surface area contributed by atoms with Crippen LogP contribution in [0.3, 0.4) is 0 Å². The van der Waals surface area contributed by atoms with Crippen LogP contribution in [0.15, 0.2) is 36.4 Å². The highest BCUT2D eigenvalue weighted by atomic mass is 14.6. The topological polar surface area (TPSA) is 26.0 Å². The van der Waals surface area contributed by atoms with Gasteiger partial charge in [-0.2, -0.15) is 0 Å². The third-order valence-electron chi connectivity index (χ3n) is 2.97. The molecule has 0 aliphatic rings. The summed E-state index contributed by atoms with van der Waals surface area (Å²) < 4.78 is 0. The van der Waals surface area contributed by atoms with E-state index in [2.05, 4.69) is 45.0 Å². The molecule has 2 N–H and O–H groups in total. The summed E-state index contributed by atoms with van der Waals surface area (Å²) in [4.78, 5) is 0. The van der Waals surface area contributed by atoms with Crippen molar-refractivity contribution in [3.63, 3.8) is 0 Å². The van der Waals surface area contributed by atoms with Crippen LogP contribution in [0.1, 0.15) is 16.7 Å². The Morgan fingerprint density at radius 1 is 0.875 bits per heavy atom. The van der Waals surface area contributed by atoms with Gasteiger partial charge in [0, 0.05) is 11.3 Å². The van der Waals surface area contributed by atoms with E-state index in [-0.39, 0.29) is 0 Å². The summed E-state index contributed by atoms with van der Waals surface area (Å²) in [5, 5.41) is 0. The van der Waals surface area contributed by atoms with Crippen molar-refractivity contribution >= 4 is 5.69 Å². The Hall–Kier alpha value is -1.76.